The van der Waals surface area contributed by atoms with Crippen LogP contribution in [0, 0.1) is 19.7 Å². The summed E-state index contributed by atoms with van der Waals surface area (Å²) < 4.78 is 16.5. The molecule has 1 saturated carbocycles. The Labute approximate surface area is 221 Å². The van der Waals surface area contributed by atoms with Crippen LogP contribution in [0.1, 0.15) is 66.7 Å². The van der Waals surface area contributed by atoms with Crippen LogP contribution in [-0.4, -0.2) is 56.3 Å². The van der Waals surface area contributed by atoms with E-state index in [-0.39, 0.29) is 17.4 Å². The van der Waals surface area contributed by atoms with Crippen molar-refractivity contribution in [2.75, 3.05) is 31.1 Å². The summed E-state index contributed by atoms with van der Waals surface area (Å²) in [7, 11) is 0. The quantitative estimate of drug-likeness (QED) is 0.415. The van der Waals surface area contributed by atoms with Crippen molar-refractivity contribution in [2.45, 2.75) is 58.0 Å². The van der Waals surface area contributed by atoms with Crippen LogP contribution >= 0.6 is 0 Å². The monoisotopic (exact) mass is 515 g/mol. The number of hydrogen-bond acceptors (Lipinski definition) is 6. The lowest BCUT2D eigenvalue weighted by Gasteiger charge is -2.40. The van der Waals surface area contributed by atoms with Crippen LogP contribution in [0.25, 0.3) is 10.9 Å². The first-order valence-corrected chi connectivity index (χ1v) is 13.7. The summed E-state index contributed by atoms with van der Waals surface area (Å²) in [5.41, 5.74) is 4.16. The average molecular weight is 516 g/mol. The molecule has 0 unspecified atom stereocenters. The fourth-order valence-corrected chi connectivity index (χ4v) is 6.19. The summed E-state index contributed by atoms with van der Waals surface area (Å²) in [6, 6.07) is 12.9. The third-order valence-electron chi connectivity index (χ3n) is 8.32. The highest BCUT2D eigenvalue weighted by Gasteiger charge is 2.35. The third-order valence-corrected chi connectivity index (χ3v) is 8.32. The highest BCUT2D eigenvalue weighted by atomic mass is 19.1. The summed E-state index contributed by atoms with van der Waals surface area (Å²) in [5, 5.41) is 14.1. The van der Waals surface area contributed by atoms with Gasteiger partial charge in [0.25, 0.3) is 5.56 Å². The standard InChI is InChI=1S/C29H34FN7O/c1-19-12-13-20(2)26-22(19)18-23(29(38)31-26)27(28-32-33-34-37(28)21-8-4-3-5-9-21)36-16-14-35(15-17-36)25-11-7-6-10-24(25)30/h6-7,10-13,18,21,27H,3-5,8-9,14-17H2,1-2H3,(H,31,38)/t27-/m1/s1. The van der Waals surface area contributed by atoms with Gasteiger partial charge >= 0.3 is 0 Å². The summed E-state index contributed by atoms with van der Waals surface area (Å²) >= 11 is 0. The maximum absolute atomic E-state index is 14.5. The minimum Gasteiger partial charge on any atom is -0.367 e. The summed E-state index contributed by atoms with van der Waals surface area (Å²) in [4.78, 5) is 21.2. The van der Waals surface area contributed by atoms with E-state index in [4.69, 9.17) is 0 Å². The Bertz CT molecular complexity index is 1500. The van der Waals surface area contributed by atoms with Gasteiger partial charge in [-0.25, -0.2) is 9.07 Å². The van der Waals surface area contributed by atoms with Crippen molar-refractivity contribution in [3.8, 4) is 0 Å². The van der Waals surface area contributed by atoms with E-state index in [0.29, 0.717) is 43.3 Å². The van der Waals surface area contributed by atoms with E-state index < -0.39 is 6.04 Å². The fourth-order valence-electron chi connectivity index (χ4n) is 6.19. The molecule has 6 rings (SSSR count). The molecule has 0 bridgehead atoms. The van der Waals surface area contributed by atoms with Crippen LogP contribution in [0.5, 0.6) is 0 Å². The number of tetrazole rings is 1. The zero-order valence-electron chi connectivity index (χ0n) is 22.0. The molecule has 2 aromatic heterocycles. The number of hydrogen-bond donors (Lipinski definition) is 1. The van der Waals surface area contributed by atoms with E-state index >= 15 is 0 Å². The number of pyridine rings is 1. The number of anilines is 1. The van der Waals surface area contributed by atoms with Gasteiger partial charge in [0.2, 0.25) is 0 Å². The summed E-state index contributed by atoms with van der Waals surface area (Å²) in [6.45, 7) is 6.68. The van der Waals surface area contributed by atoms with Crippen molar-refractivity contribution in [3.63, 3.8) is 0 Å². The van der Waals surface area contributed by atoms with Gasteiger partial charge in [-0.1, -0.05) is 43.5 Å². The van der Waals surface area contributed by atoms with Crippen molar-refractivity contribution >= 4 is 16.6 Å². The van der Waals surface area contributed by atoms with Gasteiger partial charge in [-0.2, -0.15) is 0 Å². The number of aromatic nitrogens is 5. The molecule has 3 heterocycles. The zero-order valence-corrected chi connectivity index (χ0v) is 22.0. The average Bonchev–Trinajstić information content (AvgIpc) is 3.42. The minimum atomic E-state index is -0.400. The van der Waals surface area contributed by atoms with Gasteiger partial charge in [0.15, 0.2) is 5.82 Å². The molecule has 198 valence electrons. The highest BCUT2D eigenvalue weighted by molar-refractivity contribution is 5.85. The van der Waals surface area contributed by atoms with Crippen LogP contribution in [-0.2, 0) is 0 Å². The number of para-hydroxylation sites is 1. The topological polar surface area (TPSA) is 82.9 Å². The normalized spacial score (nSPS) is 18.2. The lowest BCUT2D eigenvalue weighted by molar-refractivity contribution is 0.192. The Hall–Kier alpha value is -3.59. The first-order chi connectivity index (χ1) is 18.5. The number of aromatic amines is 1. The van der Waals surface area contributed by atoms with Gasteiger partial charge in [-0.05, 0) is 66.4 Å². The first kappa shape index (κ1) is 24.7. The second-order valence-corrected chi connectivity index (χ2v) is 10.7. The van der Waals surface area contributed by atoms with Crippen molar-refractivity contribution < 1.29 is 4.39 Å². The molecule has 2 aromatic carbocycles. The van der Waals surface area contributed by atoms with Gasteiger partial charge in [0.05, 0.1) is 17.2 Å². The molecule has 38 heavy (non-hydrogen) atoms. The van der Waals surface area contributed by atoms with Gasteiger partial charge in [0.1, 0.15) is 11.9 Å². The fraction of sp³-hybridized carbons (Fsp3) is 0.448. The highest BCUT2D eigenvalue weighted by Crippen LogP contribution is 2.34. The summed E-state index contributed by atoms with van der Waals surface area (Å²) in [5.74, 6) is 0.502. The van der Waals surface area contributed by atoms with Crippen molar-refractivity contribution in [1.82, 2.24) is 30.1 Å². The number of rotatable bonds is 5. The van der Waals surface area contributed by atoms with Crippen LogP contribution < -0.4 is 10.5 Å². The first-order valence-electron chi connectivity index (χ1n) is 13.7. The van der Waals surface area contributed by atoms with Crippen molar-refractivity contribution in [2.24, 2.45) is 0 Å². The molecule has 4 aromatic rings. The van der Waals surface area contributed by atoms with Gasteiger partial charge < -0.3 is 9.88 Å². The smallest absolute Gasteiger partial charge is 0.253 e. The van der Waals surface area contributed by atoms with Crippen LogP contribution in [0.4, 0.5) is 10.1 Å². The number of aryl methyl sites for hydroxylation is 2. The summed E-state index contributed by atoms with van der Waals surface area (Å²) in [6.07, 6.45) is 5.63. The number of nitrogens with one attached hydrogen (secondary N) is 1. The molecule has 0 radical (unpaired) electrons. The number of H-pyrrole nitrogens is 1. The Balaban J connectivity index is 1.42. The number of benzene rings is 2. The zero-order chi connectivity index (χ0) is 26.2. The van der Waals surface area contributed by atoms with E-state index in [1.807, 2.05) is 35.9 Å². The molecule has 1 saturated heterocycles. The van der Waals surface area contributed by atoms with Crippen LogP contribution in [0.15, 0.2) is 47.3 Å². The number of nitrogens with zero attached hydrogens (tertiary/aromatic N) is 6. The second-order valence-electron chi connectivity index (χ2n) is 10.7. The van der Waals surface area contributed by atoms with Crippen molar-refractivity contribution in [3.05, 3.63) is 81.2 Å². The van der Waals surface area contributed by atoms with Gasteiger partial charge in [-0.15, -0.1) is 5.10 Å². The SMILES string of the molecule is Cc1ccc(C)c2[nH]c(=O)c([C@H](c3nnnn3C3CCCCC3)N3CCN(c4ccccc4F)CC3)cc12. The molecule has 9 heteroatoms. The van der Waals surface area contributed by atoms with Gasteiger partial charge in [-0.3, -0.25) is 9.69 Å². The largest absolute Gasteiger partial charge is 0.367 e. The number of halogens is 1. The molecule has 1 N–H and O–H groups in total. The number of piperazine rings is 1. The Kier molecular flexibility index (Phi) is 6.69. The molecule has 2 aliphatic rings. The molecule has 2 fully saturated rings. The molecular formula is C29H34FN7O. The maximum atomic E-state index is 14.5. The predicted octanol–water partition coefficient (Wildman–Crippen LogP) is 4.69. The predicted molar refractivity (Wildman–Crippen MR) is 146 cm³/mol. The molecule has 1 atom stereocenters. The maximum Gasteiger partial charge on any atom is 0.253 e. The molecule has 1 aliphatic carbocycles. The molecular weight excluding hydrogens is 481 g/mol. The van der Waals surface area contributed by atoms with E-state index in [9.17, 15) is 9.18 Å². The van der Waals surface area contributed by atoms with E-state index in [0.717, 1.165) is 47.7 Å². The molecule has 8 nitrogen and oxygen atoms in total. The number of fused-ring (bicyclic) bond motifs is 1. The van der Waals surface area contributed by atoms with Crippen molar-refractivity contribution in [1.29, 1.82) is 0 Å². The van der Waals surface area contributed by atoms with Gasteiger partial charge in [0, 0.05) is 37.1 Å². The molecule has 1 aliphatic heterocycles. The van der Waals surface area contributed by atoms with E-state index in [1.54, 1.807) is 6.07 Å². The van der Waals surface area contributed by atoms with E-state index in [1.165, 1.54) is 12.5 Å². The third kappa shape index (κ3) is 4.49. The molecule has 0 spiro atoms. The second kappa shape index (κ2) is 10.3. The van der Waals surface area contributed by atoms with Crippen LogP contribution in [0.3, 0.4) is 0 Å². The Morgan fingerprint density at radius 1 is 0.974 bits per heavy atom. The molecule has 0 amide bonds. The lowest BCUT2D eigenvalue weighted by Crippen LogP contribution is -2.49. The Morgan fingerprint density at radius 3 is 2.47 bits per heavy atom. The lowest BCUT2D eigenvalue weighted by atomic mass is 9.94. The van der Waals surface area contributed by atoms with Crippen LogP contribution in [0.2, 0.25) is 0 Å². The minimum absolute atomic E-state index is 0.120. The van der Waals surface area contributed by atoms with E-state index in [2.05, 4.69) is 43.3 Å². The Morgan fingerprint density at radius 2 is 1.71 bits per heavy atom.